The standard InChI is InChI=1S/C17H27N3/c1-4-6-7-10-14(3)18-13-17-19-15-11-8-9-12-16(15)20(17)5-2/h8-9,11-12,14,18H,4-7,10,13H2,1-3H3. The van der Waals surface area contributed by atoms with E-state index in [1.165, 1.54) is 31.2 Å². The van der Waals surface area contributed by atoms with Gasteiger partial charge in [0.25, 0.3) is 0 Å². The first kappa shape index (κ1) is 15.0. The van der Waals surface area contributed by atoms with Crippen molar-refractivity contribution in [1.29, 1.82) is 0 Å². The smallest absolute Gasteiger partial charge is 0.123 e. The lowest BCUT2D eigenvalue weighted by Gasteiger charge is -2.14. The molecule has 0 radical (unpaired) electrons. The number of imidazole rings is 1. The number of unbranched alkanes of at least 4 members (excludes halogenated alkanes) is 2. The van der Waals surface area contributed by atoms with E-state index in [4.69, 9.17) is 4.98 Å². The Morgan fingerprint density at radius 2 is 2.00 bits per heavy atom. The highest BCUT2D eigenvalue weighted by molar-refractivity contribution is 5.75. The molecule has 1 atom stereocenters. The Morgan fingerprint density at radius 3 is 2.75 bits per heavy atom. The minimum absolute atomic E-state index is 0.562. The second-order valence-electron chi connectivity index (χ2n) is 5.54. The third-order valence-corrected chi connectivity index (χ3v) is 3.90. The molecule has 1 unspecified atom stereocenters. The van der Waals surface area contributed by atoms with Crippen LogP contribution in [-0.4, -0.2) is 15.6 Å². The molecule has 1 aromatic heterocycles. The first-order valence-corrected chi connectivity index (χ1v) is 7.93. The molecule has 3 nitrogen and oxygen atoms in total. The number of fused-ring (bicyclic) bond motifs is 1. The highest BCUT2D eigenvalue weighted by Gasteiger charge is 2.09. The summed E-state index contributed by atoms with van der Waals surface area (Å²) in [5, 5.41) is 3.61. The van der Waals surface area contributed by atoms with Crippen LogP contribution in [0, 0.1) is 0 Å². The average Bonchev–Trinajstić information content (AvgIpc) is 2.83. The van der Waals surface area contributed by atoms with Gasteiger partial charge >= 0.3 is 0 Å². The van der Waals surface area contributed by atoms with Gasteiger partial charge in [-0.25, -0.2) is 4.98 Å². The Labute approximate surface area is 122 Å². The van der Waals surface area contributed by atoms with E-state index in [-0.39, 0.29) is 0 Å². The molecule has 0 saturated carbocycles. The van der Waals surface area contributed by atoms with E-state index in [1.54, 1.807) is 0 Å². The zero-order valence-corrected chi connectivity index (χ0v) is 13.0. The molecule has 110 valence electrons. The lowest BCUT2D eigenvalue weighted by Crippen LogP contribution is -2.26. The summed E-state index contributed by atoms with van der Waals surface area (Å²) in [6.07, 6.45) is 5.19. The molecule has 0 aliphatic rings. The van der Waals surface area contributed by atoms with E-state index in [1.807, 2.05) is 0 Å². The van der Waals surface area contributed by atoms with E-state index >= 15 is 0 Å². The van der Waals surface area contributed by atoms with Crippen molar-refractivity contribution >= 4 is 11.0 Å². The number of aromatic nitrogens is 2. The van der Waals surface area contributed by atoms with Crippen LogP contribution in [0.5, 0.6) is 0 Å². The minimum Gasteiger partial charge on any atom is -0.327 e. The third kappa shape index (κ3) is 3.60. The number of hydrogen-bond donors (Lipinski definition) is 1. The van der Waals surface area contributed by atoms with E-state index in [9.17, 15) is 0 Å². The topological polar surface area (TPSA) is 29.9 Å². The fourth-order valence-electron chi connectivity index (χ4n) is 2.68. The van der Waals surface area contributed by atoms with Gasteiger partial charge in [0, 0.05) is 12.6 Å². The van der Waals surface area contributed by atoms with Crippen LogP contribution in [0.3, 0.4) is 0 Å². The predicted octanol–water partition coefficient (Wildman–Crippen LogP) is 4.11. The summed E-state index contributed by atoms with van der Waals surface area (Å²) in [5.74, 6) is 1.15. The van der Waals surface area contributed by atoms with Gasteiger partial charge in [-0.1, -0.05) is 38.3 Å². The number of rotatable bonds is 8. The molecule has 2 rings (SSSR count). The van der Waals surface area contributed by atoms with Gasteiger partial charge in [-0.05, 0) is 32.4 Å². The largest absolute Gasteiger partial charge is 0.327 e. The van der Waals surface area contributed by atoms with E-state index in [2.05, 4.69) is 54.9 Å². The zero-order chi connectivity index (χ0) is 14.4. The number of nitrogens with one attached hydrogen (secondary N) is 1. The normalized spacial score (nSPS) is 12.9. The number of nitrogens with zero attached hydrogens (tertiary/aromatic N) is 2. The van der Waals surface area contributed by atoms with Crippen molar-refractivity contribution in [3.8, 4) is 0 Å². The van der Waals surface area contributed by atoms with Crippen molar-refractivity contribution in [2.45, 2.75) is 65.6 Å². The summed E-state index contributed by atoms with van der Waals surface area (Å²) in [4.78, 5) is 4.75. The molecule has 0 spiro atoms. The van der Waals surface area contributed by atoms with Crippen LogP contribution in [0.15, 0.2) is 24.3 Å². The molecule has 1 N–H and O–H groups in total. The number of aryl methyl sites for hydroxylation is 1. The van der Waals surface area contributed by atoms with Gasteiger partial charge < -0.3 is 9.88 Å². The molecule has 20 heavy (non-hydrogen) atoms. The SMILES string of the molecule is CCCCCC(C)NCc1nc2ccccc2n1CC. The van der Waals surface area contributed by atoms with Gasteiger partial charge in [0.05, 0.1) is 17.6 Å². The Balaban J connectivity index is 1.99. The molecule has 0 saturated heterocycles. The number of para-hydroxylation sites is 2. The van der Waals surface area contributed by atoms with Gasteiger partial charge in [0.15, 0.2) is 0 Å². The summed E-state index contributed by atoms with van der Waals surface area (Å²) in [5.41, 5.74) is 2.34. The monoisotopic (exact) mass is 273 g/mol. The summed E-state index contributed by atoms with van der Waals surface area (Å²) in [6, 6.07) is 8.95. The van der Waals surface area contributed by atoms with Crippen molar-refractivity contribution in [3.63, 3.8) is 0 Å². The second kappa shape index (κ2) is 7.44. The fourth-order valence-corrected chi connectivity index (χ4v) is 2.68. The Bertz CT molecular complexity index is 530. The van der Waals surface area contributed by atoms with Gasteiger partial charge in [-0.3, -0.25) is 0 Å². The quantitative estimate of drug-likeness (QED) is 0.733. The molecular weight excluding hydrogens is 246 g/mol. The van der Waals surface area contributed by atoms with Crippen LogP contribution in [0.2, 0.25) is 0 Å². The fraction of sp³-hybridized carbons (Fsp3) is 0.588. The highest BCUT2D eigenvalue weighted by atomic mass is 15.1. The van der Waals surface area contributed by atoms with Gasteiger partial charge in [-0.2, -0.15) is 0 Å². The summed E-state index contributed by atoms with van der Waals surface area (Å²) in [7, 11) is 0. The van der Waals surface area contributed by atoms with Crippen LogP contribution >= 0.6 is 0 Å². The zero-order valence-electron chi connectivity index (χ0n) is 13.0. The van der Waals surface area contributed by atoms with Gasteiger partial charge in [0.2, 0.25) is 0 Å². The Hall–Kier alpha value is -1.35. The molecule has 0 aliphatic carbocycles. The molecule has 2 aromatic rings. The molecule has 3 heteroatoms. The summed E-state index contributed by atoms with van der Waals surface area (Å²) < 4.78 is 2.31. The van der Waals surface area contributed by atoms with E-state index < -0.39 is 0 Å². The average molecular weight is 273 g/mol. The Morgan fingerprint density at radius 1 is 1.20 bits per heavy atom. The predicted molar refractivity (Wildman–Crippen MR) is 85.9 cm³/mol. The van der Waals surface area contributed by atoms with Crippen molar-refractivity contribution in [2.24, 2.45) is 0 Å². The Kier molecular flexibility index (Phi) is 5.60. The molecule has 1 aromatic carbocycles. The second-order valence-corrected chi connectivity index (χ2v) is 5.54. The van der Waals surface area contributed by atoms with Crippen LogP contribution < -0.4 is 5.32 Å². The highest BCUT2D eigenvalue weighted by Crippen LogP contribution is 2.16. The molecule has 0 amide bonds. The number of hydrogen-bond acceptors (Lipinski definition) is 2. The first-order valence-electron chi connectivity index (χ1n) is 7.93. The number of benzene rings is 1. The van der Waals surface area contributed by atoms with Gasteiger partial charge in [0.1, 0.15) is 5.82 Å². The molecule has 0 fully saturated rings. The maximum atomic E-state index is 4.75. The van der Waals surface area contributed by atoms with Crippen molar-refractivity contribution in [3.05, 3.63) is 30.1 Å². The summed E-state index contributed by atoms with van der Waals surface area (Å²) >= 11 is 0. The third-order valence-electron chi connectivity index (χ3n) is 3.90. The van der Waals surface area contributed by atoms with Crippen LogP contribution in [0.4, 0.5) is 0 Å². The van der Waals surface area contributed by atoms with Crippen molar-refractivity contribution in [1.82, 2.24) is 14.9 Å². The van der Waals surface area contributed by atoms with Crippen LogP contribution in [0.1, 0.15) is 52.3 Å². The van der Waals surface area contributed by atoms with Crippen LogP contribution in [0.25, 0.3) is 11.0 Å². The molecule has 1 heterocycles. The van der Waals surface area contributed by atoms with Gasteiger partial charge in [-0.15, -0.1) is 0 Å². The molecular formula is C17H27N3. The molecule has 0 bridgehead atoms. The molecule has 0 aliphatic heterocycles. The van der Waals surface area contributed by atoms with Crippen molar-refractivity contribution < 1.29 is 0 Å². The van der Waals surface area contributed by atoms with E-state index in [0.29, 0.717) is 6.04 Å². The van der Waals surface area contributed by atoms with Crippen LogP contribution in [-0.2, 0) is 13.1 Å². The lowest BCUT2D eigenvalue weighted by molar-refractivity contribution is 0.474. The maximum absolute atomic E-state index is 4.75. The first-order chi connectivity index (χ1) is 9.76. The van der Waals surface area contributed by atoms with E-state index in [0.717, 1.165) is 24.4 Å². The maximum Gasteiger partial charge on any atom is 0.123 e. The minimum atomic E-state index is 0.562. The van der Waals surface area contributed by atoms with Crippen molar-refractivity contribution in [2.75, 3.05) is 0 Å². The lowest BCUT2D eigenvalue weighted by atomic mass is 10.1. The summed E-state index contributed by atoms with van der Waals surface area (Å²) in [6.45, 7) is 8.54.